The van der Waals surface area contributed by atoms with Gasteiger partial charge < -0.3 is 19.4 Å². The van der Waals surface area contributed by atoms with E-state index in [0.29, 0.717) is 55.9 Å². The number of likely N-dealkylation sites (tertiary alicyclic amines) is 1. The quantitative estimate of drug-likeness (QED) is 0.537. The van der Waals surface area contributed by atoms with Gasteiger partial charge in [-0.25, -0.2) is 4.79 Å². The Kier molecular flexibility index (Phi) is 7.25. The van der Waals surface area contributed by atoms with E-state index in [9.17, 15) is 22.8 Å². The summed E-state index contributed by atoms with van der Waals surface area (Å²) in [6.45, 7) is 4.09. The van der Waals surface area contributed by atoms with Gasteiger partial charge in [-0.05, 0) is 62.3 Å². The molecule has 41 heavy (non-hydrogen) atoms. The molecule has 2 aromatic rings. The third-order valence-corrected chi connectivity index (χ3v) is 9.56. The van der Waals surface area contributed by atoms with Crippen molar-refractivity contribution in [3.8, 4) is 0 Å². The highest BCUT2D eigenvalue weighted by Crippen LogP contribution is 2.44. The summed E-state index contributed by atoms with van der Waals surface area (Å²) in [5.41, 5.74) is 0.932. The number of alkyl halides is 3. The molecule has 3 aliphatic heterocycles. The molecule has 4 unspecified atom stereocenters. The van der Waals surface area contributed by atoms with Crippen molar-refractivity contribution in [1.82, 2.24) is 19.6 Å². The highest BCUT2D eigenvalue weighted by molar-refractivity contribution is 5.91. The molecule has 0 radical (unpaired) electrons. The minimum Gasteiger partial charge on any atom is -0.377 e. The van der Waals surface area contributed by atoms with E-state index in [4.69, 9.17) is 4.74 Å². The number of hydrogen-bond acceptors (Lipinski definition) is 6. The Bertz CT molecular complexity index is 1280. The number of amides is 2. The lowest BCUT2D eigenvalue weighted by Gasteiger charge is -2.38. The minimum atomic E-state index is -4.43. The largest absolute Gasteiger partial charge is 0.418 e. The number of carbonyl (C=O) groups is 2. The van der Waals surface area contributed by atoms with E-state index in [1.165, 1.54) is 28.8 Å². The van der Waals surface area contributed by atoms with Crippen molar-refractivity contribution in [2.45, 2.75) is 63.5 Å². The van der Waals surface area contributed by atoms with Crippen molar-refractivity contribution in [1.29, 1.82) is 0 Å². The highest BCUT2D eigenvalue weighted by atomic mass is 19.4. The van der Waals surface area contributed by atoms with Crippen LogP contribution in [0.1, 0.15) is 43.7 Å². The monoisotopic (exact) mass is 574 g/mol. The van der Waals surface area contributed by atoms with Gasteiger partial charge in [0.25, 0.3) is 0 Å². The summed E-state index contributed by atoms with van der Waals surface area (Å²) in [6, 6.07) is 4.87. The van der Waals surface area contributed by atoms with E-state index >= 15 is 0 Å². The lowest BCUT2D eigenvalue weighted by Crippen LogP contribution is -2.46. The molecule has 1 aromatic carbocycles. The Balaban J connectivity index is 1.08. The van der Waals surface area contributed by atoms with E-state index in [1.54, 1.807) is 19.3 Å². The van der Waals surface area contributed by atoms with Gasteiger partial charge in [-0.1, -0.05) is 6.07 Å². The molecule has 4 heterocycles. The molecular weight excluding hydrogens is 537 g/mol. The van der Waals surface area contributed by atoms with Crippen molar-refractivity contribution in [2.24, 2.45) is 11.8 Å². The number of fused-ring (bicyclic) bond motifs is 3. The molecule has 6 rings (SSSR count). The van der Waals surface area contributed by atoms with Crippen LogP contribution in [0.5, 0.6) is 0 Å². The van der Waals surface area contributed by atoms with Crippen LogP contribution in [0.15, 0.2) is 30.6 Å². The summed E-state index contributed by atoms with van der Waals surface area (Å²) in [7, 11) is 3.62. The molecule has 1 saturated carbocycles. The van der Waals surface area contributed by atoms with Gasteiger partial charge in [-0.15, -0.1) is 0 Å². The van der Waals surface area contributed by atoms with Gasteiger partial charge in [0, 0.05) is 45.3 Å². The molecule has 0 N–H and O–H groups in total. The molecule has 1 aromatic heterocycles. The Morgan fingerprint density at radius 3 is 2.34 bits per heavy atom. The number of anilines is 2. The second-order valence-corrected chi connectivity index (χ2v) is 12.1. The maximum Gasteiger partial charge on any atom is 0.418 e. The third-order valence-electron chi connectivity index (χ3n) is 9.56. The number of halogens is 3. The van der Waals surface area contributed by atoms with E-state index in [2.05, 4.69) is 10.00 Å². The second kappa shape index (κ2) is 10.6. The molecule has 2 bridgehead atoms. The topological polar surface area (TPSA) is 74.2 Å². The molecule has 1 aliphatic carbocycles. The van der Waals surface area contributed by atoms with Crippen LogP contribution in [0.2, 0.25) is 0 Å². The maximum atomic E-state index is 14.2. The molecule has 3 saturated heterocycles. The number of hydrogen-bond donors (Lipinski definition) is 0. The number of carbonyl (C=O) groups excluding carboxylic acids is 2. The fourth-order valence-corrected chi connectivity index (χ4v) is 7.27. The number of aromatic nitrogens is 2. The Labute approximate surface area is 237 Å². The average molecular weight is 575 g/mol. The lowest BCUT2D eigenvalue weighted by molar-refractivity contribution is -0.137. The standard InChI is InChI=1S/C29H37F3N6O3/c1-18(39)35(3)25-11-33-37(15-25)28(40)36-13-20-9-24(10-21(20)14-36)34(2)12-19-4-7-27(26(8-19)29(30,31)32)38-22-5-6-23(38)17-41-16-22/h4,7-8,11,15,20-24H,5-6,9-10,12-14,16-17H2,1-3H3/t20-,21?,22?,23?,24?/m1/s1. The maximum absolute atomic E-state index is 14.2. The molecule has 12 heteroatoms. The average Bonchev–Trinajstić information content (AvgIpc) is 3.69. The van der Waals surface area contributed by atoms with Gasteiger partial charge in [0.15, 0.2) is 0 Å². The van der Waals surface area contributed by atoms with Crippen molar-refractivity contribution < 1.29 is 27.5 Å². The summed E-state index contributed by atoms with van der Waals surface area (Å²) < 4.78 is 49.5. The van der Waals surface area contributed by atoms with Gasteiger partial charge in [0.2, 0.25) is 5.91 Å². The molecule has 222 valence electrons. The Morgan fingerprint density at radius 2 is 1.73 bits per heavy atom. The van der Waals surface area contributed by atoms with Crippen LogP contribution in [0.25, 0.3) is 0 Å². The summed E-state index contributed by atoms with van der Waals surface area (Å²) in [4.78, 5) is 32.0. The highest BCUT2D eigenvalue weighted by Gasteiger charge is 2.45. The molecule has 4 aliphatic rings. The van der Waals surface area contributed by atoms with Gasteiger partial charge in [-0.3, -0.25) is 9.69 Å². The van der Waals surface area contributed by atoms with Crippen molar-refractivity contribution in [3.63, 3.8) is 0 Å². The predicted molar refractivity (Wildman–Crippen MR) is 147 cm³/mol. The van der Waals surface area contributed by atoms with E-state index in [-0.39, 0.29) is 35.8 Å². The van der Waals surface area contributed by atoms with Crippen molar-refractivity contribution >= 4 is 23.3 Å². The summed E-state index contributed by atoms with van der Waals surface area (Å²) in [5.74, 6) is 0.537. The second-order valence-electron chi connectivity index (χ2n) is 12.1. The first-order valence-electron chi connectivity index (χ1n) is 14.3. The number of rotatable bonds is 5. The smallest absolute Gasteiger partial charge is 0.377 e. The number of nitrogens with zero attached hydrogens (tertiary/aromatic N) is 6. The van der Waals surface area contributed by atoms with Crippen molar-refractivity contribution in [2.75, 3.05) is 50.2 Å². The van der Waals surface area contributed by atoms with Crippen LogP contribution < -0.4 is 9.80 Å². The summed E-state index contributed by atoms with van der Waals surface area (Å²) in [5, 5.41) is 4.15. The first kappa shape index (κ1) is 28.0. The Morgan fingerprint density at radius 1 is 1.07 bits per heavy atom. The number of morpholine rings is 1. The summed E-state index contributed by atoms with van der Waals surface area (Å²) >= 11 is 0. The zero-order valence-electron chi connectivity index (χ0n) is 23.7. The van der Waals surface area contributed by atoms with E-state index < -0.39 is 11.7 Å². The fourth-order valence-electron chi connectivity index (χ4n) is 7.27. The van der Waals surface area contributed by atoms with Gasteiger partial charge in [0.05, 0.1) is 48.9 Å². The van der Waals surface area contributed by atoms with Crippen LogP contribution >= 0.6 is 0 Å². The molecule has 9 nitrogen and oxygen atoms in total. The van der Waals surface area contributed by atoms with E-state index in [0.717, 1.165) is 25.7 Å². The Hall–Kier alpha value is -3.12. The van der Waals surface area contributed by atoms with Gasteiger partial charge in [0.1, 0.15) is 0 Å². The molecule has 2 amide bonds. The zero-order chi connectivity index (χ0) is 29.1. The zero-order valence-corrected chi connectivity index (χ0v) is 23.7. The van der Waals surface area contributed by atoms with Gasteiger partial charge in [-0.2, -0.15) is 23.0 Å². The number of benzene rings is 1. The normalized spacial score (nSPS) is 27.5. The van der Waals surface area contributed by atoms with Crippen LogP contribution in [0, 0.1) is 11.8 Å². The lowest BCUT2D eigenvalue weighted by atomic mass is 10.0. The first-order valence-corrected chi connectivity index (χ1v) is 14.3. The number of ether oxygens (including phenoxy) is 1. The van der Waals surface area contributed by atoms with Crippen LogP contribution in [0.4, 0.5) is 29.3 Å². The fraction of sp³-hybridized carbons (Fsp3) is 0.621. The molecule has 0 spiro atoms. The van der Waals surface area contributed by atoms with Crippen LogP contribution in [0.3, 0.4) is 0 Å². The summed E-state index contributed by atoms with van der Waals surface area (Å²) in [6.07, 6.45) is 2.15. The van der Waals surface area contributed by atoms with Crippen LogP contribution in [-0.2, 0) is 22.3 Å². The van der Waals surface area contributed by atoms with E-state index in [1.807, 2.05) is 22.9 Å². The SMILES string of the molecule is CC(=O)N(C)c1cnn(C(=O)N2CC3CC(N(C)Cc4ccc(N5C6CCC5COC6)c(C(F)(F)F)c4)C[C@@H]3C2)c1. The predicted octanol–water partition coefficient (Wildman–Crippen LogP) is 4.06. The van der Waals surface area contributed by atoms with Gasteiger partial charge >= 0.3 is 12.2 Å². The molecular formula is C29H37F3N6O3. The first-order chi connectivity index (χ1) is 19.5. The third kappa shape index (κ3) is 5.31. The molecule has 4 fully saturated rings. The van der Waals surface area contributed by atoms with Crippen molar-refractivity contribution in [3.05, 3.63) is 41.7 Å². The van der Waals surface area contributed by atoms with Crippen LogP contribution in [-0.4, -0.2) is 90.0 Å². The molecule has 5 atom stereocenters. The minimum absolute atomic E-state index is 0.00458.